The average Bonchev–Trinajstić information content (AvgIpc) is 2.83. The van der Waals surface area contributed by atoms with Crippen molar-refractivity contribution in [1.29, 1.82) is 0 Å². The topological polar surface area (TPSA) is 78.9 Å². The highest BCUT2D eigenvalue weighted by molar-refractivity contribution is 6.31. The number of hydrogen-bond acceptors (Lipinski definition) is 6. The van der Waals surface area contributed by atoms with Gasteiger partial charge in [-0.25, -0.2) is 9.59 Å². The lowest BCUT2D eigenvalue weighted by atomic mass is 10.0. The normalized spacial score (nSPS) is 11.1. The van der Waals surface area contributed by atoms with Gasteiger partial charge < -0.3 is 18.3 Å². The van der Waals surface area contributed by atoms with Crippen LogP contribution < -0.4 is 20.7 Å². The standard InChI is InChI=1S/C27H19ClO6/c1-15-22(32-14-17-6-3-4-8-21(17)28)11-10-18-19(13-24(29)33-25(15)18)20-12-16-7-5-9-23(31-2)26(16)34-27(20)30/h3-13H,14H2,1-2H3. The van der Waals surface area contributed by atoms with E-state index in [1.54, 1.807) is 43.3 Å². The first-order valence-corrected chi connectivity index (χ1v) is 10.9. The summed E-state index contributed by atoms with van der Waals surface area (Å²) in [6, 6.07) is 19.3. The lowest BCUT2D eigenvalue weighted by Crippen LogP contribution is -2.07. The minimum atomic E-state index is -0.584. The van der Waals surface area contributed by atoms with E-state index in [2.05, 4.69) is 0 Å². The highest BCUT2D eigenvalue weighted by Gasteiger charge is 2.18. The molecule has 0 N–H and O–H groups in total. The first kappa shape index (κ1) is 21.8. The van der Waals surface area contributed by atoms with Crippen LogP contribution in [-0.4, -0.2) is 7.11 Å². The van der Waals surface area contributed by atoms with E-state index in [9.17, 15) is 9.59 Å². The zero-order chi connectivity index (χ0) is 23.8. The molecule has 0 saturated carbocycles. The van der Waals surface area contributed by atoms with E-state index in [1.807, 2.05) is 24.3 Å². The summed E-state index contributed by atoms with van der Waals surface area (Å²) in [6.07, 6.45) is 0. The fourth-order valence-electron chi connectivity index (χ4n) is 3.96. The summed E-state index contributed by atoms with van der Waals surface area (Å²) in [6.45, 7) is 2.05. The third-order valence-electron chi connectivity index (χ3n) is 5.69. The summed E-state index contributed by atoms with van der Waals surface area (Å²) >= 11 is 6.22. The van der Waals surface area contributed by atoms with Crippen molar-refractivity contribution < 1.29 is 18.3 Å². The second-order valence-corrected chi connectivity index (χ2v) is 8.16. The molecule has 0 aliphatic rings. The molecule has 0 spiro atoms. The van der Waals surface area contributed by atoms with Gasteiger partial charge in [-0.1, -0.05) is 41.9 Å². The van der Waals surface area contributed by atoms with Crippen LogP contribution in [0.1, 0.15) is 11.1 Å². The molecule has 0 radical (unpaired) electrons. The number of para-hydroxylation sites is 1. The van der Waals surface area contributed by atoms with Gasteiger partial charge in [-0.2, -0.15) is 0 Å². The van der Waals surface area contributed by atoms with Gasteiger partial charge in [0.15, 0.2) is 11.3 Å². The molecule has 0 fully saturated rings. The molecule has 0 amide bonds. The first-order valence-electron chi connectivity index (χ1n) is 10.5. The van der Waals surface area contributed by atoms with Crippen molar-refractivity contribution in [1.82, 2.24) is 0 Å². The Hall–Kier alpha value is -4.03. The van der Waals surface area contributed by atoms with Crippen molar-refractivity contribution in [2.75, 3.05) is 7.11 Å². The van der Waals surface area contributed by atoms with Gasteiger partial charge >= 0.3 is 11.3 Å². The molecular weight excluding hydrogens is 456 g/mol. The first-order chi connectivity index (χ1) is 16.5. The monoisotopic (exact) mass is 474 g/mol. The van der Waals surface area contributed by atoms with Crippen LogP contribution in [0.2, 0.25) is 5.02 Å². The Bertz CT molecular complexity index is 1660. The van der Waals surface area contributed by atoms with E-state index >= 15 is 0 Å². The molecule has 0 atom stereocenters. The summed E-state index contributed by atoms with van der Waals surface area (Å²) in [5, 5.41) is 1.87. The van der Waals surface area contributed by atoms with Crippen molar-refractivity contribution in [3.8, 4) is 22.6 Å². The number of ether oxygens (including phenoxy) is 2. The smallest absolute Gasteiger partial charge is 0.344 e. The van der Waals surface area contributed by atoms with Crippen molar-refractivity contribution >= 4 is 33.5 Å². The lowest BCUT2D eigenvalue weighted by molar-refractivity contribution is 0.304. The third kappa shape index (κ3) is 3.82. The maximum atomic E-state index is 12.9. The van der Waals surface area contributed by atoms with Crippen molar-refractivity contribution in [2.45, 2.75) is 13.5 Å². The maximum absolute atomic E-state index is 12.9. The van der Waals surface area contributed by atoms with Crippen LogP contribution in [0.3, 0.4) is 0 Å². The summed E-state index contributed by atoms with van der Waals surface area (Å²) in [4.78, 5) is 25.4. The van der Waals surface area contributed by atoms with Crippen LogP contribution in [0, 0.1) is 6.92 Å². The summed E-state index contributed by atoms with van der Waals surface area (Å²) in [5.41, 5.74) is 1.66. The second kappa shape index (κ2) is 8.72. The Morgan fingerprint density at radius 1 is 0.853 bits per heavy atom. The van der Waals surface area contributed by atoms with Crippen LogP contribution in [0.5, 0.6) is 11.5 Å². The third-order valence-corrected chi connectivity index (χ3v) is 6.05. The van der Waals surface area contributed by atoms with Crippen LogP contribution in [0.15, 0.2) is 85.2 Å². The Kier molecular flexibility index (Phi) is 5.59. The predicted octanol–water partition coefficient (Wildman–Crippen LogP) is 6.12. The highest BCUT2D eigenvalue weighted by Crippen LogP contribution is 2.34. The van der Waals surface area contributed by atoms with Crippen LogP contribution in [-0.2, 0) is 6.61 Å². The number of aryl methyl sites for hydroxylation is 1. The van der Waals surface area contributed by atoms with Gasteiger partial charge in [0, 0.05) is 38.6 Å². The molecule has 3 aromatic carbocycles. The summed E-state index contributed by atoms with van der Waals surface area (Å²) in [7, 11) is 1.51. The zero-order valence-electron chi connectivity index (χ0n) is 18.4. The molecule has 0 bridgehead atoms. The number of halogens is 1. The number of rotatable bonds is 5. The number of methoxy groups -OCH3 is 1. The van der Waals surface area contributed by atoms with Gasteiger partial charge in [0.1, 0.15) is 17.9 Å². The van der Waals surface area contributed by atoms with E-state index in [0.29, 0.717) is 49.6 Å². The molecule has 2 aromatic heterocycles. The van der Waals surface area contributed by atoms with E-state index in [-0.39, 0.29) is 12.2 Å². The number of fused-ring (bicyclic) bond motifs is 2. The molecule has 0 aliphatic heterocycles. The Morgan fingerprint density at radius 2 is 1.68 bits per heavy atom. The van der Waals surface area contributed by atoms with Crippen molar-refractivity contribution in [3.05, 3.63) is 104 Å². The maximum Gasteiger partial charge on any atom is 0.344 e. The largest absolute Gasteiger partial charge is 0.493 e. The summed E-state index contributed by atoms with van der Waals surface area (Å²) in [5.74, 6) is 0.998. The van der Waals surface area contributed by atoms with Gasteiger partial charge in [0.05, 0.1) is 12.7 Å². The molecule has 2 heterocycles. The predicted molar refractivity (Wildman–Crippen MR) is 131 cm³/mol. The van der Waals surface area contributed by atoms with Gasteiger partial charge in [0.2, 0.25) is 0 Å². The molecule has 0 aliphatic carbocycles. The van der Waals surface area contributed by atoms with Crippen LogP contribution in [0.25, 0.3) is 33.1 Å². The minimum Gasteiger partial charge on any atom is -0.493 e. The fourth-order valence-corrected chi connectivity index (χ4v) is 4.15. The second-order valence-electron chi connectivity index (χ2n) is 7.75. The van der Waals surface area contributed by atoms with Crippen molar-refractivity contribution in [2.24, 2.45) is 0 Å². The highest BCUT2D eigenvalue weighted by atomic mass is 35.5. The molecule has 0 saturated heterocycles. The molecule has 7 heteroatoms. The molecule has 170 valence electrons. The molecule has 5 aromatic rings. The van der Waals surface area contributed by atoms with E-state index in [1.165, 1.54) is 13.2 Å². The van der Waals surface area contributed by atoms with Crippen LogP contribution in [0.4, 0.5) is 0 Å². The Balaban J connectivity index is 1.63. The van der Waals surface area contributed by atoms with Gasteiger partial charge in [-0.3, -0.25) is 0 Å². The molecule has 0 unspecified atom stereocenters. The van der Waals surface area contributed by atoms with Crippen LogP contribution >= 0.6 is 11.6 Å². The molecule has 6 nitrogen and oxygen atoms in total. The zero-order valence-corrected chi connectivity index (χ0v) is 19.1. The van der Waals surface area contributed by atoms with Gasteiger partial charge in [-0.15, -0.1) is 0 Å². The number of benzene rings is 3. The summed E-state index contributed by atoms with van der Waals surface area (Å²) < 4.78 is 22.3. The minimum absolute atomic E-state index is 0.253. The van der Waals surface area contributed by atoms with Gasteiger partial charge in [-0.05, 0) is 37.3 Å². The SMILES string of the molecule is COc1cccc2cc(-c3cc(=O)oc4c(C)c(OCc5ccccc5Cl)ccc34)c(=O)oc12. The molecule has 34 heavy (non-hydrogen) atoms. The fraction of sp³-hybridized carbons (Fsp3) is 0.111. The van der Waals surface area contributed by atoms with Gasteiger partial charge in [0.25, 0.3) is 0 Å². The molecular formula is C27H19ClO6. The molecule has 5 rings (SSSR count). The van der Waals surface area contributed by atoms with E-state index in [0.717, 1.165) is 5.56 Å². The van der Waals surface area contributed by atoms with E-state index in [4.69, 9.17) is 29.9 Å². The Labute approximate surface area is 198 Å². The van der Waals surface area contributed by atoms with Crippen molar-refractivity contribution in [3.63, 3.8) is 0 Å². The lowest BCUT2D eigenvalue weighted by Gasteiger charge is -2.13. The number of hydrogen-bond donors (Lipinski definition) is 0. The van der Waals surface area contributed by atoms with E-state index < -0.39 is 11.3 Å². The Morgan fingerprint density at radius 3 is 2.47 bits per heavy atom. The average molecular weight is 475 g/mol. The quantitative estimate of drug-likeness (QED) is 0.286.